The van der Waals surface area contributed by atoms with Crippen molar-refractivity contribution in [3.63, 3.8) is 0 Å². The standard InChI is InChI=1S/C21H31BrO3/c1-12(23)15-3-4-16-14-9-18-21(22)10-13(24)5-8-20(21,11-25-18)17(14)6-7-19(15,16)2/h13-18,24H,3-11H2,1-2H3/t13-,14-,15+,16-,17-,18-,19+,20-,21+/m0/s1. The van der Waals surface area contributed by atoms with Crippen molar-refractivity contribution in [2.45, 2.75) is 81.7 Å². The van der Waals surface area contributed by atoms with Gasteiger partial charge in [-0.1, -0.05) is 22.9 Å². The van der Waals surface area contributed by atoms with Crippen LogP contribution in [0.25, 0.3) is 0 Å². The van der Waals surface area contributed by atoms with E-state index in [0.717, 1.165) is 38.7 Å². The summed E-state index contributed by atoms with van der Waals surface area (Å²) in [6, 6.07) is 0. The Bertz CT molecular complexity index is 608. The number of aliphatic hydroxyl groups is 1. The fraction of sp³-hybridized carbons (Fsp3) is 0.952. The van der Waals surface area contributed by atoms with E-state index < -0.39 is 0 Å². The Kier molecular flexibility index (Phi) is 3.66. The number of aliphatic hydroxyl groups excluding tert-OH is 1. The molecule has 0 radical (unpaired) electrons. The van der Waals surface area contributed by atoms with Crippen molar-refractivity contribution in [2.75, 3.05) is 6.61 Å². The summed E-state index contributed by atoms with van der Waals surface area (Å²) in [5.74, 6) is 2.77. The smallest absolute Gasteiger partial charge is 0.133 e. The third-order valence-electron chi connectivity index (χ3n) is 9.46. The Morgan fingerprint density at radius 3 is 2.72 bits per heavy atom. The van der Waals surface area contributed by atoms with Crippen LogP contribution in [0.2, 0.25) is 0 Å². The van der Waals surface area contributed by atoms with E-state index in [2.05, 4.69) is 22.9 Å². The maximum Gasteiger partial charge on any atom is 0.133 e. The van der Waals surface area contributed by atoms with Gasteiger partial charge in [-0.25, -0.2) is 0 Å². The van der Waals surface area contributed by atoms with Crippen molar-refractivity contribution in [1.29, 1.82) is 0 Å². The number of carbonyl (C=O) groups excluding carboxylic acids is 1. The molecule has 1 heterocycles. The Labute approximate surface area is 159 Å². The second-order valence-corrected chi connectivity index (χ2v) is 11.5. The molecule has 0 aromatic heterocycles. The second kappa shape index (κ2) is 5.32. The van der Waals surface area contributed by atoms with E-state index in [4.69, 9.17) is 4.74 Å². The topological polar surface area (TPSA) is 46.5 Å². The Morgan fingerprint density at radius 1 is 1.16 bits per heavy atom. The Balaban J connectivity index is 1.52. The molecule has 2 bridgehead atoms. The van der Waals surface area contributed by atoms with Crippen LogP contribution in [-0.2, 0) is 9.53 Å². The number of hydrogen-bond acceptors (Lipinski definition) is 3. The van der Waals surface area contributed by atoms with Crippen LogP contribution in [0.3, 0.4) is 0 Å². The molecule has 4 saturated carbocycles. The van der Waals surface area contributed by atoms with Gasteiger partial charge in [-0.3, -0.25) is 4.79 Å². The number of ketones is 1. The number of hydrogen-bond donors (Lipinski definition) is 1. The number of rotatable bonds is 1. The summed E-state index contributed by atoms with van der Waals surface area (Å²) in [6.45, 7) is 5.09. The van der Waals surface area contributed by atoms with E-state index in [-0.39, 0.29) is 33.3 Å². The van der Waals surface area contributed by atoms with Crippen LogP contribution in [0.15, 0.2) is 0 Å². The maximum atomic E-state index is 12.3. The van der Waals surface area contributed by atoms with E-state index >= 15 is 0 Å². The lowest BCUT2D eigenvalue weighted by Gasteiger charge is -2.62. The average molecular weight is 411 g/mol. The van der Waals surface area contributed by atoms with Crippen LogP contribution in [0.1, 0.15) is 65.2 Å². The minimum atomic E-state index is -0.185. The quantitative estimate of drug-likeness (QED) is 0.661. The lowest BCUT2D eigenvalue weighted by molar-refractivity contribution is -0.131. The van der Waals surface area contributed by atoms with E-state index in [1.165, 1.54) is 19.3 Å². The summed E-state index contributed by atoms with van der Waals surface area (Å²) in [4.78, 5) is 12.3. The molecule has 1 N–H and O–H groups in total. The Morgan fingerprint density at radius 2 is 1.96 bits per heavy atom. The molecule has 3 nitrogen and oxygen atoms in total. The van der Waals surface area contributed by atoms with Gasteiger partial charge in [0.05, 0.1) is 23.1 Å². The molecule has 0 aromatic carbocycles. The number of ether oxygens (including phenoxy) is 1. The van der Waals surface area contributed by atoms with Crippen molar-refractivity contribution in [3.8, 4) is 0 Å². The lowest BCUT2D eigenvalue weighted by Crippen LogP contribution is -2.63. The van der Waals surface area contributed by atoms with Gasteiger partial charge in [0.25, 0.3) is 0 Å². The first kappa shape index (κ1) is 17.2. The minimum absolute atomic E-state index is 0.0227. The van der Waals surface area contributed by atoms with Gasteiger partial charge >= 0.3 is 0 Å². The zero-order chi connectivity index (χ0) is 17.6. The van der Waals surface area contributed by atoms with Gasteiger partial charge in [0, 0.05) is 11.3 Å². The molecular formula is C21H31BrO3. The molecule has 4 aliphatic carbocycles. The highest BCUT2D eigenvalue weighted by Crippen LogP contribution is 2.72. The van der Waals surface area contributed by atoms with Crippen LogP contribution >= 0.6 is 15.9 Å². The van der Waals surface area contributed by atoms with Gasteiger partial charge in [0.15, 0.2) is 0 Å². The van der Waals surface area contributed by atoms with Gasteiger partial charge in [-0.2, -0.15) is 0 Å². The van der Waals surface area contributed by atoms with Gasteiger partial charge in [0.2, 0.25) is 0 Å². The predicted molar refractivity (Wildman–Crippen MR) is 99.5 cm³/mol. The van der Waals surface area contributed by atoms with Gasteiger partial charge in [-0.05, 0) is 81.5 Å². The first-order chi connectivity index (χ1) is 11.8. The molecule has 5 rings (SSSR count). The van der Waals surface area contributed by atoms with Crippen molar-refractivity contribution >= 4 is 21.7 Å². The summed E-state index contributed by atoms with van der Waals surface area (Å²) >= 11 is 4.14. The molecule has 25 heavy (non-hydrogen) atoms. The molecule has 5 fully saturated rings. The molecule has 4 heteroatoms. The van der Waals surface area contributed by atoms with Crippen LogP contribution in [0.5, 0.6) is 0 Å². The number of Topliss-reactive ketones (excluding diaryl/α,β-unsaturated/α-hetero) is 1. The van der Waals surface area contributed by atoms with E-state index in [1.54, 1.807) is 0 Å². The number of fused-ring (bicyclic) bond motifs is 3. The second-order valence-electron chi connectivity index (χ2n) is 10.1. The predicted octanol–water partition coefficient (Wildman–Crippen LogP) is 4.10. The molecule has 0 unspecified atom stereocenters. The average Bonchev–Trinajstić information content (AvgIpc) is 2.97. The molecule has 0 spiro atoms. The summed E-state index contributed by atoms with van der Waals surface area (Å²) in [5, 5.41) is 10.3. The molecule has 140 valence electrons. The first-order valence-corrected chi connectivity index (χ1v) is 11.1. The summed E-state index contributed by atoms with van der Waals surface area (Å²) in [5.41, 5.74) is 0.416. The summed E-state index contributed by atoms with van der Waals surface area (Å²) in [6.07, 6.45) is 8.79. The van der Waals surface area contributed by atoms with Crippen LogP contribution < -0.4 is 0 Å². The van der Waals surface area contributed by atoms with Crippen LogP contribution in [0.4, 0.5) is 0 Å². The highest BCUT2D eigenvalue weighted by atomic mass is 79.9. The number of carbonyl (C=O) groups is 1. The lowest BCUT2D eigenvalue weighted by atomic mass is 9.44. The molecule has 1 saturated heterocycles. The SMILES string of the molecule is CC(=O)[C@H]1CC[C@H]2[C@@H]3C[C@@H]4OC[C@@]5(CC[C@H](O)C[C@@]45Br)[C@H]3CC[C@]12C. The maximum absolute atomic E-state index is 12.3. The molecule has 9 atom stereocenters. The normalized spacial score (nSPS) is 59.8. The van der Waals surface area contributed by atoms with E-state index in [0.29, 0.717) is 23.5 Å². The third-order valence-corrected chi connectivity index (χ3v) is 11.1. The number of halogens is 1. The molecule has 0 amide bonds. The zero-order valence-electron chi connectivity index (χ0n) is 15.5. The monoisotopic (exact) mass is 410 g/mol. The van der Waals surface area contributed by atoms with E-state index in [1.807, 2.05) is 6.92 Å². The van der Waals surface area contributed by atoms with Crippen molar-refractivity contribution in [3.05, 3.63) is 0 Å². The van der Waals surface area contributed by atoms with Gasteiger partial charge in [0.1, 0.15) is 5.78 Å². The fourth-order valence-electron chi connectivity index (χ4n) is 8.38. The van der Waals surface area contributed by atoms with Crippen LogP contribution in [-0.4, -0.2) is 34.0 Å². The third kappa shape index (κ3) is 1.97. The zero-order valence-corrected chi connectivity index (χ0v) is 17.1. The summed E-state index contributed by atoms with van der Waals surface area (Å²) < 4.78 is 6.37. The van der Waals surface area contributed by atoms with Crippen molar-refractivity contribution < 1.29 is 14.6 Å². The van der Waals surface area contributed by atoms with Gasteiger partial charge in [-0.15, -0.1) is 0 Å². The minimum Gasteiger partial charge on any atom is -0.393 e. The summed E-state index contributed by atoms with van der Waals surface area (Å²) in [7, 11) is 0. The molecule has 1 aliphatic heterocycles. The fourth-order valence-corrected chi connectivity index (χ4v) is 9.68. The highest BCUT2D eigenvalue weighted by molar-refractivity contribution is 9.10. The van der Waals surface area contributed by atoms with Crippen molar-refractivity contribution in [1.82, 2.24) is 0 Å². The molecule has 0 aromatic rings. The Hall–Kier alpha value is 0.0700. The highest BCUT2D eigenvalue weighted by Gasteiger charge is 2.72. The first-order valence-electron chi connectivity index (χ1n) is 10.3. The van der Waals surface area contributed by atoms with E-state index in [9.17, 15) is 9.90 Å². The van der Waals surface area contributed by atoms with Crippen molar-refractivity contribution in [2.24, 2.45) is 34.5 Å². The van der Waals surface area contributed by atoms with Crippen LogP contribution in [0, 0.1) is 34.5 Å². The number of alkyl halides is 1. The largest absolute Gasteiger partial charge is 0.393 e. The van der Waals surface area contributed by atoms with Gasteiger partial charge < -0.3 is 9.84 Å². The molecular weight excluding hydrogens is 380 g/mol. The molecule has 5 aliphatic rings.